The monoisotopic (exact) mass is 479 g/mol. The molecule has 2 aromatic carbocycles. The maximum Gasteiger partial charge on any atom is 0.253 e. The van der Waals surface area contributed by atoms with E-state index >= 15 is 0 Å². The van der Waals surface area contributed by atoms with Crippen LogP contribution in [0.4, 0.5) is 5.69 Å². The van der Waals surface area contributed by atoms with Gasteiger partial charge in [0.2, 0.25) is 3.79 Å². The lowest BCUT2D eigenvalue weighted by Crippen LogP contribution is -2.56. The van der Waals surface area contributed by atoms with Crippen LogP contribution in [-0.2, 0) is 0 Å². The minimum absolute atomic E-state index is 0.159. The number of hydrogen-bond donors (Lipinski definition) is 3. The maximum atomic E-state index is 12.4. The highest BCUT2D eigenvalue weighted by atomic mass is 35.6. The molecule has 0 spiro atoms. The van der Waals surface area contributed by atoms with Crippen LogP contribution in [-0.4, -0.2) is 27.6 Å². The molecule has 1 amide bonds. The Labute approximate surface area is 188 Å². The van der Waals surface area contributed by atoms with E-state index in [4.69, 9.17) is 63.4 Å². The van der Waals surface area contributed by atoms with Crippen LogP contribution >= 0.6 is 58.6 Å². The molecule has 10 heteroatoms. The molecular weight excluding hydrogens is 464 g/mol. The van der Waals surface area contributed by atoms with Crippen molar-refractivity contribution in [1.29, 1.82) is 0 Å². The van der Waals surface area contributed by atoms with Crippen LogP contribution in [0, 0.1) is 0 Å². The van der Waals surface area contributed by atoms with Crippen molar-refractivity contribution in [2.24, 2.45) is 0 Å². The van der Waals surface area contributed by atoms with Crippen molar-refractivity contribution in [2.45, 2.75) is 16.9 Å². The molecule has 0 heterocycles. The quantitative estimate of drug-likeness (QED) is 0.303. The van der Waals surface area contributed by atoms with Gasteiger partial charge in [-0.2, -0.15) is 0 Å². The molecule has 0 fully saturated rings. The molecule has 0 saturated carbocycles. The second-order valence-electron chi connectivity index (χ2n) is 5.51. The lowest BCUT2D eigenvalue weighted by atomic mass is 10.2. The van der Waals surface area contributed by atoms with Gasteiger partial charge in [0, 0.05) is 16.3 Å². The predicted molar refractivity (Wildman–Crippen MR) is 120 cm³/mol. The molecule has 0 aromatic heterocycles. The van der Waals surface area contributed by atoms with Crippen molar-refractivity contribution in [2.75, 3.05) is 11.9 Å². The summed E-state index contributed by atoms with van der Waals surface area (Å²) in [5.41, 5.74) is 1.02. The van der Waals surface area contributed by atoms with Crippen LogP contribution in [0.5, 0.6) is 5.75 Å². The van der Waals surface area contributed by atoms with Gasteiger partial charge in [-0.25, -0.2) is 0 Å². The van der Waals surface area contributed by atoms with E-state index in [0.717, 1.165) is 5.75 Å². The summed E-state index contributed by atoms with van der Waals surface area (Å²) in [5, 5.41) is 8.91. The Bertz CT molecular complexity index is 828. The molecule has 3 N–H and O–H groups in total. The van der Waals surface area contributed by atoms with Gasteiger partial charge < -0.3 is 20.7 Å². The third-order valence-corrected chi connectivity index (χ3v) is 4.50. The molecule has 150 valence electrons. The highest BCUT2D eigenvalue weighted by Gasteiger charge is 2.34. The third kappa shape index (κ3) is 7.18. The van der Waals surface area contributed by atoms with Crippen molar-refractivity contribution in [3.63, 3.8) is 0 Å². The molecule has 0 aliphatic rings. The summed E-state index contributed by atoms with van der Waals surface area (Å²) >= 11 is 29.1. The number of ether oxygens (including phenoxy) is 1. The Morgan fingerprint density at radius 3 is 2.39 bits per heavy atom. The number of carbonyl (C=O) groups excluding carboxylic acids is 1. The summed E-state index contributed by atoms with van der Waals surface area (Å²) < 4.78 is 3.52. The Hall–Kier alpha value is -1.44. The molecule has 28 heavy (non-hydrogen) atoms. The Morgan fingerprint density at radius 1 is 1.14 bits per heavy atom. The van der Waals surface area contributed by atoms with Gasteiger partial charge in [-0.15, -0.1) is 0 Å². The van der Waals surface area contributed by atoms with Crippen LogP contribution in [0.25, 0.3) is 0 Å². The van der Waals surface area contributed by atoms with Crippen LogP contribution in [0.1, 0.15) is 17.3 Å². The summed E-state index contributed by atoms with van der Waals surface area (Å²) in [4.78, 5) is 12.4. The molecule has 0 saturated heterocycles. The van der Waals surface area contributed by atoms with E-state index in [9.17, 15) is 4.79 Å². The highest BCUT2D eigenvalue weighted by Crippen LogP contribution is 2.29. The average Bonchev–Trinajstić information content (AvgIpc) is 2.62. The van der Waals surface area contributed by atoms with Gasteiger partial charge in [0.05, 0.1) is 6.61 Å². The lowest BCUT2D eigenvalue weighted by Gasteiger charge is -2.27. The van der Waals surface area contributed by atoms with E-state index in [1.807, 2.05) is 6.92 Å². The second kappa shape index (κ2) is 10.4. The van der Waals surface area contributed by atoms with Gasteiger partial charge in [-0.05, 0) is 61.6 Å². The number of nitrogens with one attached hydrogen (secondary N) is 3. The topological polar surface area (TPSA) is 62.4 Å². The molecule has 5 nitrogen and oxygen atoms in total. The summed E-state index contributed by atoms with van der Waals surface area (Å²) in [5.74, 6) is 0.259. The Kier molecular flexibility index (Phi) is 8.46. The molecule has 0 aliphatic heterocycles. The number of halogens is 4. The van der Waals surface area contributed by atoms with Gasteiger partial charge in [0.15, 0.2) is 5.11 Å². The largest absolute Gasteiger partial charge is 0.494 e. The first-order valence-corrected chi connectivity index (χ1v) is 10.0. The van der Waals surface area contributed by atoms with Crippen molar-refractivity contribution in [3.8, 4) is 5.75 Å². The van der Waals surface area contributed by atoms with Crippen LogP contribution in [0.3, 0.4) is 0 Å². The van der Waals surface area contributed by atoms with Crippen LogP contribution in [0.2, 0.25) is 5.02 Å². The first-order valence-electron chi connectivity index (χ1n) is 8.12. The SMILES string of the molecule is CCOc1ccc(NC(=S)N[C@@H](NC(=O)c2cccc(Cl)c2)C(Cl)(Cl)Cl)cc1. The van der Waals surface area contributed by atoms with E-state index in [1.54, 1.807) is 42.5 Å². The zero-order valence-electron chi connectivity index (χ0n) is 14.6. The number of benzene rings is 2. The number of hydrogen-bond acceptors (Lipinski definition) is 3. The minimum atomic E-state index is -1.86. The fraction of sp³-hybridized carbons (Fsp3) is 0.222. The number of anilines is 1. The normalized spacial score (nSPS) is 12.0. The Morgan fingerprint density at radius 2 is 1.82 bits per heavy atom. The van der Waals surface area contributed by atoms with E-state index in [1.165, 1.54) is 6.07 Å². The molecule has 0 aliphatic carbocycles. The van der Waals surface area contributed by atoms with Crippen molar-refractivity contribution >= 4 is 75.3 Å². The molecule has 0 bridgehead atoms. The number of rotatable bonds is 6. The Balaban J connectivity index is 2.03. The van der Waals surface area contributed by atoms with E-state index in [2.05, 4.69) is 16.0 Å². The predicted octanol–water partition coefficient (Wildman–Crippen LogP) is 5.15. The zero-order chi connectivity index (χ0) is 20.7. The summed E-state index contributed by atoms with van der Waals surface area (Å²) in [6.45, 7) is 2.48. The van der Waals surface area contributed by atoms with Crippen molar-refractivity contribution < 1.29 is 9.53 Å². The third-order valence-electron chi connectivity index (χ3n) is 3.39. The average molecular weight is 481 g/mol. The van der Waals surface area contributed by atoms with Crippen molar-refractivity contribution in [1.82, 2.24) is 10.6 Å². The molecule has 0 unspecified atom stereocenters. The van der Waals surface area contributed by atoms with Crippen LogP contribution < -0.4 is 20.7 Å². The van der Waals surface area contributed by atoms with Gasteiger partial charge in [-0.1, -0.05) is 52.5 Å². The smallest absolute Gasteiger partial charge is 0.253 e. The fourth-order valence-corrected chi connectivity index (χ4v) is 2.90. The zero-order valence-corrected chi connectivity index (χ0v) is 18.5. The molecule has 1 atom stereocenters. The number of alkyl halides is 3. The van der Waals surface area contributed by atoms with E-state index < -0.39 is 15.9 Å². The minimum Gasteiger partial charge on any atom is -0.494 e. The van der Waals surface area contributed by atoms with Crippen molar-refractivity contribution in [3.05, 3.63) is 59.1 Å². The fourth-order valence-electron chi connectivity index (χ4n) is 2.14. The number of carbonyl (C=O) groups is 1. The van der Waals surface area contributed by atoms with Gasteiger partial charge in [0.25, 0.3) is 5.91 Å². The van der Waals surface area contributed by atoms with Gasteiger partial charge >= 0.3 is 0 Å². The van der Waals surface area contributed by atoms with Gasteiger partial charge in [-0.3, -0.25) is 4.79 Å². The summed E-state index contributed by atoms with van der Waals surface area (Å²) in [6.07, 6.45) is -1.09. The standard InChI is InChI=1S/C18H17Cl4N3O2S/c1-2-27-14-8-6-13(7-9-14)23-17(28)25-16(18(20,21)22)24-15(26)11-4-3-5-12(19)10-11/h3-10,16H,2H2,1H3,(H,24,26)(H2,23,25,28)/t16-/m1/s1. The molecule has 2 aromatic rings. The lowest BCUT2D eigenvalue weighted by molar-refractivity contribution is 0.0934. The second-order valence-corrected chi connectivity index (χ2v) is 8.73. The van der Waals surface area contributed by atoms with E-state index in [-0.39, 0.29) is 5.11 Å². The van der Waals surface area contributed by atoms with E-state index in [0.29, 0.717) is 22.9 Å². The molecule has 0 radical (unpaired) electrons. The number of thiocarbonyl (C=S) groups is 1. The van der Waals surface area contributed by atoms with Crippen LogP contribution in [0.15, 0.2) is 48.5 Å². The molecule has 2 rings (SSSR count). The maximum absolute atomic E-state index is 12.4. The molecular formula is C18H17Cl4N3O2S. The number of amides is 1. The summed E-state index contributed by atoms with van der Waals surface area (Å²) in [7, 11) is 0. The first-order chi connectivity index (χ1) is 13.2. The highest BCUT2D eigenvalue weighted by molar-refractivity contribution is 7.80. The summed E-state index contributed by atoms with van der Waals surface area (Å²) in [6, 6.07) is 13.5. The van der Waals surface area contributed by atoms with Gasteiger partial charge in [0.1, 0.15) is 11.9 Å². The first kappa shape index (κ1) is 22.8.